The second-order valence-corrected chi connectivity index (χ2v) is 11.1. The molecule has 0 saturated carbocycles. The number of Topliss-reactive ketones (excluding diaryl/α,β-unsaturated/α-hetero) is 1. The number of thioether (sulfide) groups is 1. The van der Waals surface area contributed by atoms with Crippen LogP contribution in [-0.2, 0) is 15.3 Å². The molecule has 2 aromatic heterocycles. The van der Waals surface area contributed by atoms with Crippen molar-refractivity contribution in [3.63, 3.8) is 0 Å². The van der Waals surface area contributed by atoms with Gasteiger partial charge in [0.15, 0.2) is 4.34 Å². The predicted octanol–water partition coefficient (Wildman–Crippen LogP) is 6.01. The molecule has 1 unspecified atom stereocenters. The van der Waals surface area contributed by atoms with E-state index in [1.54, 1.807) is 43.5 Å². The molecule has 8 nitrogen and oxygen atoms in total. The first kappa shape index (κ1) is 25.7. The van der Waals surface area contributed by atoms with Crippen LogP contribution < -0.4 is 9.64 Å². The molecule has 6 rings (SSSR count). The Morgan fingerprint density at radius 2 is 1.73 bits per heavy atom. The minimum Gasteiger partial charge on any atom is -0.507 e. The highest BCUT2D eigenvalue weighted by molar-refractivity contribution is 8.00. The fourth-order valence-electron chi connectivity index (χ4n) is 4.71. The molecule has 198 valence electrons. The van der Waals surface area contributed by atoms with Crippen LogP contribution in [-0.4, -0.2) is 39.1 Å². The van der Waals surface area contributed by atoms with E-state index in [0.29, 0.717) is 27.0 Å². The van der Waals surface area contributed by atoms with E-state index in [0.717, 1.165) is 10.9 Å². The molecule has 1 N–H and O–H groups in total. The fourth-order valence-corrected chi connectivity index (χ4v) is 6.58. The topological polar surface area (TPSA) is 106 Å². The normalized spacial score (nSPS) is 16.5. The molecule has 3 heterocycles. The number of aliphatic hydroxyl groups excluding tert-OH is 1. The highest BCUT2D eigenvalue weighted by Crippen LogP contribution is 2.44. The third-order valence-electron chi connectivity index (χ3n) is 6.66. The summed E-state index contributed by atoms with van der Waals surface area (Å²) in [5.74, 6) is -0.566. The van der Waals surface area contributed by atoms with E-state index >= 15 is 0 Å². The van der Waals surface area contributed by atoms with Gasteiger partial charge in [-0.2, -0.15) is 0 Å². The molecule has 0 radical (unpaired) electrons. The van der Waals surface area contributed by atoms with Crippen molar-refractivity contribution < 1.29 is 19.4 Å². The number of methoxy groups -OCH3 is 1. The maximum atomic E-state index is 13.4. The molecule has 10 heteroatoms. The van der Waals surface area contributed by atoms with Crippen LogP contribution in [0.25, 0.3) is 16.5 Å². The fraction of sp³-hybridized carbons (Fsp3) is 0.100. The highest BCUT2D eigenvalue weighted by atomic mass is 32.2. The van der Waals surface area contributed by atoms with Crippen molar-refractivity contribution in [2.75, 3.05) is 12.0 Å². The predicted molar refractivity (Wildman–Crippen MR) is 155 cm³/mol. The zero-order valence-electron chi connectivity index (χ0n) is 21.2. The van der Waals surface area contributed by atoms with Crippen molar-refractivity contribution in [3.05, 3.63) is 114 Å². The minimum absolute atomic E-state index is 0.0264. The van der Waals surface area contributed by atoms with E-state index in [-0.39, 0.29) is 16.5 Å². The summed E-state index contributed by atoms with van der Waals surface area (Å²) < 4.78 is 5.94. The first-order valence-electron chi connectivity index (χ1n) is 12.3. The second kappa shape index (κ2) is 10.9. The second-order valence-electron chi connectivity index (χ2n) is 8.96. The monoisotopic (exact) mass is 566 g/mol. The van der Waals surface area contributed by atoms with Crippen molar-refractivity contribution in [1.82, 2.24) is 15.2 Å². The molecule has 40 heavy (non-hydrogen) atoms. The minimum atomic E-state index is -0.900. The SMILES string of the molecule is COc1ccc(C2C(=C(O)c3ccncc3)C(=O)C(=O)N2c2nnc(SCc3cccc4ccccc34)s2)cc1. The zero-order chi connectivity index (χ0) is 27.6. The quantitative estimate of drug-likeness (QED) is 0.0839. The summed E-state index contributed by atoms with van der Waals surface area (Å²) in [4.78, 5) is 32.1. The van der Waals surface area contributed by atoms with E-state index < -0.39 is 17.7 Å². The molecule has 1 amide bonds. The maximum absolute atomic E-state index is 13.4. The van der Waals surface area contributed by atoms with Gasteiger partial charge in [0.05, 0.1) is 18.7 Å². The Balaban J connectivity index is 1.36. The summed E-state index contributed by atoms with van der Waals surface area (Å²) in [6.45, 7) is 0. The summed E-state index contributed by atoms with van der Waals surface area (Å²) in [5.41, 5.74) is 2.14. The number of carbonyl (C=O) groups is 2. The number of fused-ring (bicyclic) bond motifs is 1. The van der Waals surface area contributed by atoms with Crippen LogP contribution in [0.1, 0.15) is 22.7 Å². The number of rotatable bonds is 7. The third kappa shape index (κ3) is 4.72. The van der Waals surface area contributed by atoms with Crippen LogP contribution in [0, 0.1) is 0 Å². The number of carbonyl (C=O) groups excluding carboxylic acids is 2. The first-order chi connectivity index (χ1) is 19.5. The molecule has 3 aromatic carbocycles. The van der Waals surface area contributed by atoms with Gasteiger partial charge in [-0.25, -0.2) is 0 Å². The number of benzene rings is 3. The van der Waals surface area contributed by atoms with Gasteiger partial charge in [-0.15, -0.1) is 10.2 Å². The van der Waals surface area contributed by atoms with Crippen LogP contribution in [0.15, 0.2) is 101 Å². The lowest BCUT2D eigenvalue weighted by Crippen LogP contribution is -2.29. The Labute approximate surface area is 238 Å². The van der Waals surface area contributed by atoms with Crippen LogP contribution in [0.5, 0.6) is 5.75 Å². The Morgan fingerprint density at radius 1 is 0.975 bits per heavy atom. The van der Waals surface area contributed by atoms with Gasteiger partial charge < -0.3 is 9.84 Å². The summed E-state index contributed by atoms with van der Waals surface area (Å²) in [6, 6.07) is 23.7. The molecular weight excluding hydrogens is 544 g/mol. The molecule has 1 aliphatic rings. The zero-order valence-corrected chi connectivity index (χ0v) is 22.9. The molecule has 0 spiro atoms. The number of nitrogens with zero attached hydrogens (tertiary/aromatic N) is 4. The van der Waals surface area contributed by atoms with Gasteiger partial charge in [0.1, 0.15) is 11.5 Å². The molecule has 1 saturated heterocycles. The number of aliphatic hydroxyl groups is 1. The molecule has 0 bridgehead atoms. The number of amides is 1. The van der Waals surface area contributed by atoms with E-state index in [4.69, 9.17) is 4.74 Å². The molecule has 1 atom stereocenters. The van der Waals surface area contributed by atoms with Crippen molar-refractivity contribution >= 4 is 56.5 Å². The average Bonchev–Trinajstić information content (AvgIpc) is 3.58. The summed E-state index contributed by atoms with van der Waals surface area (Å²) in [6.07, 6.45) is 3.02. The number of ether oxygens (including phenoxy) is 1. The van der Waals surface area contributed by atoms with Crippen molar-refractivity contribution in [2.45, 2.75) is 16.1 Å². The van der Waals surface area contributed by atoms with E-state index in [2.05, 4.69) is 39.4 Å². The third-order valence-corrected chi connectivity index (χ3v) is 8.77. The lowest BCUT2D eigenvalue weighted by molar-refractivity contribution is -0.132. The number of pyridine rings is 1. The smallest absolute Gasteiger partial charge is 0.301 e. The standard InChI is InChI=1S/C30H22N4O4S2/c1-38-22-11-9-19(10-12-22)25-24(26(35)20-13-15-31-16-14-20)27(36)28(37)34(25)29-32-33-30(40-29)39-17-21-7-4-6-18-5-2-3-8-23(18)21/h2-16,25,35H,17H2,1H3. The van der Waals surface area contributed by atoms with Crippen LogP contribution in [0.4, 0.5) is 5.13 Å². The van der Waals surface area contributed by atoms with Gasteiger partial charge >= 0.3 is 5.91 Å². The van der Waals surface area contributed by atoms with Gasteiger partial charge in [0.25, 0.3) is 5.78 Å². The molecule has 1 fully saturated rings. The number of aromatic nitrogens is 3. The lowest BCUT2D eigenvalue weighted by atomic mass is 9.95. The number of hydrogen-bond donors (Lipinski definition) is 1. The Morgan fingerprint density at radius 3 is 2.50 bits per heavy atom. The Bertz CT molecular complexity index is 1750. The van der Waals surface area contributed by atoms with Gasteiger partial charge in [-0.3, -0.25) is 19.5 Å². The summed E-state index contributed by atoms with van der Waals surface area (Å²) in [5, 5.41) is 22.4. The molecule has 1 aliphatic heterocycles. The van der Waals surface area contributed by atoms with Gasteiger partial charge in [-0.05, 0) is 46.2 Å². The van der Waals surface area contributed by atoms with E-state index in [9.17, 15) is 14.7 Å². The van der Waals surface area contributed by atoms with Crippen molar-refractivity contribution in [2.24, 2.45) is 0 Å². The largest absolute Gasteiger partial charge is 0.507 e. The number of anilines is 1. The first-order valence-corrected chi connectivity index (χ1v) is 14.1. The maximum Gasteiger partial charge on any atom is 0.301 e. The molecular formula is C30H22N4O4S2. The van der Waals surface area contributed by atoms with E-state index in [1.165, 1.54) is 45.8 Å². The van der Waals surface area contributed by atoms with Crippen LogP contribution in [0.2, 0.25) is 0 Å². The molecule has 0 aliphatic carbocycles. The van der Waals surface area contributed by atoms with Crippen molar-refractivity contribution in [1.29, 1.82) is 0 Å². The lowest BCUT2D eigenvalue weighted by Gasteiger charge is -2.22. The van der Waals surface area contributed by atoms with Gasteiger partial charge in [0, 0.05) is 23.7 Å². The van der Waals surface area contributed by atoms with E-state index in [1.807, 2.05) is 18.2 Å². The Hall–Kier alpha value is -4.54. The molecule has 5 aromatic rings. The average molecular weight is 567 g/mol. The van der Waals surface area contributed by atoms with Crippen LogP contribution in [0.3, 0.4) is 0 Å². The van der Waals surface area contributed by atoms with Crippen LogP contribution >= 0.6 is 23.1 Å². The Kier molecular flexibility index (Phi) is 7.02. The van der Waals surface area contributed by atoms with Crippen molar-refractivity contribution in [3.8, 4) is 5.75 Å². The highest BCUT2D eigenvalue weighted by Gasteiger charge is 2.48. The van der Waals surface area contributed by atoms with Gasteiger partial charge in [0.2, 0.25) is 5.13 Å². The van der Waals surface area contributed by atoms with Gasteiger partial charge in [-0.1, -0.05) is 77.7 Å². The summed E-state index contributed by atoms with van der Waals surface area (Å²) in [7, 11) is 1.56. The number of ketones is 1. The number of hydrogen-bond acceptors (Lipinski definition) is 9. The summed E-state index contributed by atoms with van der Waals surface area (Å²) >= 11 is 2.74.